The largest absolute Gasteiger partial charge is 0.497 e. The van der Waals surface area contributed by atoms with Crippen LogP contribution in [-0.2, 0) is 14.9 Å². The van der Waals surface area contributed by atoms with Crippen molar-refractivity contribution < 1.29 is 54.1 Å². The zero-order valence-corrected chi connectivity index (χ0v) is 21.9. The van der Waals surface area contributed by atoms with E-state index < -0.39 is 42.9 Å². The fraction of sp³-hybridized carbons (Fsp3) is 0.536. The zero-order chi connectivity index (χ0) is 29.8. The maximum atomic E-state index is 13.9. The molecule has 1 aliphatic rings. The maximum absolute atomic E-state index is 13.9. The summed E-state index contributed by atoms with van der Waals surface area (Å²) in [5, 5.41) is 0. The molecule has 2 aromatic rings. The standard InChI is InChI=1S/C28H30F8O4/c1-3-20(40-24(37)27(33,34)28(35,36)26(31,32)23(29)30)17-39-22-13-9-19(10-14-22)25(15-5-4-6-16-25)18-7-11-21(38-2)12-8-18/h7-14,20,23H,3-6,15-17H2,1-2H3. The lowest BCUT2D eigenvalue weighted by molar-refractivity contribution is -0.333. The molecule has 2 aromatic carbocycles. The van der Waals surface area contributed by atoms with Crippen molar-refractivity contribution in [1.82, 2.24) is 0 Å². The average Bonchev–Trinajstić information content (AvgIpc) is 2.95. The molecular formula is C28H30F8O4. The summed E-state index contributed by atoms with van der Waals surface area (Å²) in [6.45, 7) is 0.772. The van der Waals surface area contributed by atoms with E-state index in [2.05, 4.69) is 4.74 Å². The van der Waals surface area contributed by atoms with Crippen LogP contribution in [0.5, 0.6) is 11.5 Å². The summed E-state index contributed by atoms with van der Waals surface area (Å²) in [6.07, 6.45) is -1.89. The van der Waals surface area contributed by atoms with Gasteiger partial charge in [-0.1, -0.05) is 50.5 Å². The molecule has 12 heteroatoms. The molecule has 0 N–H and O–H groups in total. The number of halogens is 8. The van der Waals surface area contributed by atoms with Crippen LogP contribution in [0.25, 0.3) is 0 Å². The Bertz CT molecular complexity index is 1110. The van der Waals surface area contributed by atoms with E-state index in [1.807, 2.05) is 36.4 Å². The van der Waals surface area contributed by atoms with Crippen LogP contribution in [-0.4, -0.2) is 50.0 Å². The molecule has 0 radical (unpaired) electrons. The molecule has 1 fully saturated rings. The third-order valence-corrected chi connectivity index (χ3v) is 7.26. The van der Waals surface area contributed by atoms with Crippen LogP contribution in [0.3, 0.4) is 0 Å². The van der Waals surface area contributed by atoms with E-state index >= 15 is 0 Å². The number of alkyl halides is 8. The predicted octanol–water partition coefficient (Wildman–Crippen LogP) is 7.82. The Hall–Kier alpha value is -3.05. The van der Waals surface area contributed by atoms with Gasteiger partial charge in [-0.15, -0.1) is 0 Å². The molecule has 0 bridgehead atoms. The monoisotopic (exact) mass is 582 g/mol. The molecule has 4 nitrogen and oxygen atoms in total. The molecule has 3 rings (SSSR count). The van der Waals surface area contributed by atoms with Crippen LogP contribution in [0.15, 0.2) is 48.5 Å². The number of esters is 1. The topological polar surface area (TPSA) is 44.8 Å². The number of hydrogen-bond donors (Lipinski definition) is 0. The van der Waals surface area contributed by atoms with Gasteiger partial charge in [-0.25, -0.2) is 13.6 Å². The van der Waals surface area contributed by atoms with Crippen LogP contribution < -0.4 is 9.47 Å². The molecule has 0 spiro atoms. The highest BCUT2D eigenvalue weighted by Crippen LogP contribution is 2.49. The van der Waals surface area contributed by atoms with Crippen LogP contribution in [0.1, 0.15) is 56.6 Å². The lowest BCUT2D eigenvalue weighted by Gasteiger charge is -2.38. The van der Waals surface area contributed by atoms with Gasteiger partial charge in [0.1, 0.15) is 24.2 Å². The van der Waals surface area contributed by atoms with Crippen molar-refractivity contribution in [3.63, 3.8) is 0 Å². The number of hydrogen-bond acceptors (Lipinski definition) is 4. The Kier molecular flexibility index (Phi) is 9.62. The van der Waals surface area contributed by atoms with Crippen molar-refractivity contribution in [3.05, 3.63) is 59.7 Å². The third-order valence-electron chi connectivity index (χ3n) is 7.26. The minimum atomic E-state index is -6.68. The van der Waals surface area contributed by atoms with Gasteiger partial charge in [0.15, 0.2) is 0 Å². The van der Waals surface area contributed by atoms with Gasteiger partial charge in [0, 0.05) is 5.41 Å². The molecule has 1 atom stereocenters. The van der Waals surface area contributed by atoms with E-state index in [4.69, 9.17) is 9.47 Å². The number of carbonyl (C=O) groups excluding carboxylic acids is 1. The second-order valence-electron chi connectivity index (χ2n) is 9.71. The molecule has 0 aromatic heterocycles. The zero-order valence-electron chi connectivity index (χ0n) is 21.9. The van der Waals surface area contributed by atoms with E-state index in [0.29, 0.717) is 0 Å². The van der Waals surface area contributed by atoms with Gasteiger partial charge in [-0.2, -0.15) is 26.3 Å². The van der Waals surface area contributed by atoms with Gasteiger partial charge in [-0.3, -0.25) is 0 Å². The first kappa shape index (κ1) is 31.5. The minimum absolute atomic E-state index is 0.211. The molecule has 0 aliphatic heterocycles. The number of rotatable bonds is 12. The van der Waals surface area contributed by atoms with Crippen molar-refractivity contribution in [3.8, 4) is 11.5 Å². The predicted molar refractivity (Wildman–Crippen MR) is 130 cm³/mol. The summed E-state index contributed by atoms with van der Waals surface area (Å²) in [5.41, 5.74) is 1.89. The summed E-state index contributed by atoms with van der Waals surface area (Å²) < 4.78 is 121. The Morgan fingerprint density at radius 3 is 1.80 bits per heavy atom. The van der Waals surface area contributed by atoms with Gasteiger partial charge in [0.2, 0.25) is 0 Å². The Morgan fingerprint density at radius 2 is 1.35 bits per heavy atom. The van der Waals surface area contributed by atoms with Crippen molar-refractivity contribution in [2.24, 2.45) is 0 Å². The highest BCUT2D eigenvalue weighted by atomic mass is 19.4. The molecule has 222 valence electrons. The molecule has 0 heterocycles. The summed E-state index contributed by atoms with van der Waals surface area (Å²) in [5.74, 6) is -21.4. The van der Waals surface area contributed by atoms with Crippen LogP contribution >= 0.6 is 0 Å². The van der Waals surface area contributed by atoms with Gasteiger partial charge in [-0.05, 0) is 54.7 Å². The first-order chi connectivity index (χ1) is 18.7. The first-order valence-electron chi connectivity index (χ1n) is 12.7. The number of ether oxygens (including phenoxy) is 3. The first-order valence-corrected chi connectivity index (χ1v) is 12.7. The van der Waals surface area contributed by atoms with E-state index in [0.717, 1.165) is 49.0 Å². The summed E-state index contributed by atoms with van der Waals surface area (Å²) in [7, 11) is 1.58. The number of carbonyl (C=O) groups is 1. The Labute approximate surface area is 226 Å². The van der Waals surface area contributed by atoms with Gasteiger partial charge >= 0.3 is 30.2 Å². The van der Waals surface area contributed by atoms with Crippen molar-refractivity contribution in [2.75, 3.05) is 13.7 Å². The van der Waals surface area contributed by atoms with Crippen LogP contribution in [0, 0.1) is 0 Å². The van der Waals surface area contributed by atoms with Gasteiger partial charge in [0.05, 0.1) is 7.11 Å². The van der Waals surface area contributed by atoms with E-state index in [9.17, 15) is 39.9 Å². The molecule has 1 unspecified atom stereocenters. The Balaban J connectivity index is 1.70. The molecule has 0 saturated heterocycles. The highest BCUT2D eigenvalue weighted by Gasteiger charge is 2.79. The van der Waals surface area contributed by atoms with E-state index in [1.165, 1.54) is 6.92 Å². The average molecular weight is 583 g/mol. The maximum Gasteiger partial charge on any atom is 0.410 e. The second-order valence-corrected chi connectivity index (χ2v) is 9.71. The quantitative estimate of drug-likeness (QED) is 0.189. The smallest absolute Gasteiger partial charge is 0.410 e. The van der Waals surface area contributed by atoms with Crippen LogP contribution in [0.2, 0.25) is 0 Å². The van der Waals surface area contributed by atoms with Gasteiger partial charge < -0.3 is 14.2 Å². The molecular weight excluding hydrogens is 552 g/mol. The summed E-state index contributed by atoms with van der Waals surface area (Å²) in [6, 6.07) is 14.8. The fourth-order valence-corrected chi connectivity index (χ4v) is 4.80. The summed E-state index contributed by atoms with van der Waals surface area (Å²) in [4.78, 5) is 11.7. The summed E-state index contributed by atoms with van der Waals surface area (Å²) >= 11 is 0. The minimum Gasteiger partial charge on any atom is -0.497 e. The molecule has 0 amide bonds. The number of methoxy groups -OCH3 is 1. The highest BCUT2D eigenvalue weighted by molar-refractivity contribution is 5.79. The normalized spacial score (nSPS) is 16.9. The van der Waals surface area contributed by atoms with Crippen LogP contribution in [0.4, 0.5) is 35.1 Å². The molecule has 1 aliphatic carbocycles. The van der Waals surface area contributed by atoms with Gasteiger partial charge in [0.25, 0.3) is 0 Å². The van der Waals surface area contributed by atoms with E-state index in [1.54, 1.807) is 19.2 Å². The second kappa shape index (κ2) is 12.2. The van der Waals surface area contributed by atoms with Crippen molar-refractivity contribution >= 4 is 5.97 Å². The molecule has 40 heavy (non-hydrogen) atoms. The van der Waals surface area contributed by atoms with E-state index in [-0.39, 0.29) is 17.6 Å². The Morgan fingerprint density at radius 1 is 0.850 bits per heavy atom. The SMILES string of the molecule is CCC(COc1ccc(C2(c3ccc(OC)cc3)CCCCC2)cc1)OC(=O)C(F)(F)C(F)(F)C(F)(F)C(F)F. The lowest BCUT2D eigenvalue weighted by Crippen LogP contribution is -2.61. The number of benzene rings is 2. The lowest BCUT2D eigenvalue weighted by atomic mass is 9.65. The van der Waals surface area contributed by atoms with Crippen molar-refractivity contribution in [1.29, 1.82) is 0 Å². The fourth-order valence-electron chi connectivity index (χ4n) is 4.80. The molecule has 1 saturated carbocycles. The third kappa shape index (κ3) is 6.00. The van der Waals surface area contributed by atoms with Crippen molar-refractivity contribution in [2.45, 2.75) is 81.2 Å².